The summed E-state index contributed by atoms with van der Waals surface area (Å²) in [6.07, 6.45) is 4.35. The maximum Gasteiger partial charge on any atom is 0.0702 e. The van der Waals surface area contributed by atoms with Crippen molar-refractivity contribution in [2.24, 2.45) is 5.92 Å². The Bertz CT molecular complexity index is 487. The minimum atomic E-state index is 0.814. The number of hydrogen-bond acceptors (Lipinski definition) is 2. The van der Waals surface area contributed by atoms with Crippen LogP contribution in [0.2, 0.25) is 0 Å². The highest BCUT2D eigenvalue weighted by Gasteiger charge is 2.14. The van der Waals surface area contributed by atoms with Gasteiger partial charge >= 0.3 is 0 Å². The van der Waals surface area contributed by atoms with E-state index >= 15 is 0 Å². The zero-order chi connectivity index (χ0) is 10.8. The lowest BCUT2D eigenvalue weighted by Crippen LogP contribution is -2.10. The molecule has 1 atom stereocenters. The van der Waals surface area contributed by atoms with Crippen LogP contribution in [0.1, 0.15) is 12.0 Å². The molecule has 0 bridgehead atoms. The molecule has 0 unspecified atom stereocenters. The maximum atomic E-state index is 4.34. The van der Waals surface area contributed by atoms with Gasteiger partial charge in [0, 0.05) is 11.6 Å². The lowest BCUT2D eigenvalue weighted by Gasteiger charge is -2.08. The van der Waals surface area contributed by atoms with Crippen LogP contribution < -0.4 is 5.32 Å². The van der Waals surface area contributed by atoms with E-state index in [1.54, 1.807) is 0 Å². The van der Waals surface area contributed by atoms with Gasteiger partial charge in [-0.15, -0.1) is 0 Å². The van der Waals surface area contributed by atoms with Crippen LogP contribution in [-0.2, 0) is 6.42 Å². The van der Waals surface area contributed by atoms with Crippen molar-refractivity contribution in [3.63, 3.8) is 0 Å². The van der Waals surface area contributed by atoms with Crippen molar-refractivity contribution >= 4 is 10.9 Å². The van der Waals surface area contributed by atoms with Crippen molar-refractivity contribution in [3.05, 3.63) is 42.1 Å². The van der Waals surface area contributed by atoms with Crippen LogP contribution in [0, 0.1) is 5.92 Å². The van der Waals surface area contributed by atoms with Gasteiger partial charge in [0.15, 0.2) is 0 Å². The number of benzene rings is 1. The topological polar surface area (TPSA) is 24.9 Å². The third-order valence-electron chi connectivity index (χ3n) is 3.35. The van der Waals surface area contributed by atoms with Crippen molar-refractivity contribution in [2.45, 2.75) is 12.8 Å². The lowest BCUT2D eigenvalue weighted by molar-refractivity contribution is 0.580. The molecular formula is C14H16N2. The number of fused-ring (bicyclic) bond motifs is 1. The standard InChI is InChI=1S/C14H16N2/c1-2-13-9-11(3-4-14(13)16-6-1)8-12-5-7-15-10-12/h1-4,6,9,12,15H,5,7-8,10H2/t12-/m1/s1. The Balaban J connectivity index is 1.86. The first-order chi connectivity index (χ1) is 7.92. The van der Waals surface area contributed by atoms with Gasteiger partial charge in [0.2, 0.25) is 0 Å². The Labute approximate surface area is 95.7 Å². The minimum absolute atomic E-state index is 0.814. The van der Waals surface area contributed by atoms with Crippen LogP contribution in [0.3, 0.4) is 0 Å². The van der Waals surface area contributed by atoms with E-state index in [2.05, 4.69) is 34.6 Å². The molecule has 1 fully saturated rings. The summed E-state index contributed by atoms with van der Waals surface area (Å²) < 4.78 is 0. The zero-order valence-corrected chi connectivity index (χ0v) is 9.32. The van der Waals surface area contributed by atoms with Gasteiger partial charge in [-0.05, 0) is 55.6 Å². The van der Waals surface area contributed by atoms with Crippen molar-refractivity contribution in [1.29, 1.82) is 0 Å². The number of pyridine rings is 1. The summed E-state index contributed by atoms with van der Waals surface area (Å²) in [5.74, 6) is 0.814. The monoisotopic (exact) mass is 212 g/mol. The Morgan fingerprint density at radius 3 is 3.19 bits per heavy atom. The molecule has 0 radical (unpaired) electrons. The molecule has 0 spiro atoms. The molecule has 2 heterocycles. The molecule has 16 heavy (non-hydrogen) atoms. The van der Waals surface area contributed by atoms with Gasteiger partial charge in [0.1, 0.15) is 0 Å². The van der Waals surface area contributed by atoms with E-state index in [-0.39, 0.29) is 0 Å². The Hall–Kier alpha value is -1.41. The van der Waals surface area contributed by atoms with E-state index in [1.165, 1.54) is 36.9 Å². The molecule has 1 N–H and O–H groups in total. The molecule has 2 nitrogen and oxygen atoms in total. The van der Waals surface area contributed by atoms with E-state index in [9.17, 15) is 0 Å². The third-order valence-corrected chi connectivity index (χ3v) is 3.35. The van der Waals surface area contributed by atoms with Gasteiger partial charge in [0.25, 0.3) is 0 Å². The predicted octanol–water partition coefficient (Wildman–Crippen LogP) is 2.39. The van der Waals surface area contributed by atoms with Gasteiger partial charge < -0.3 is 5.32 Å². The Morgan fingerprint density at radius 1 is 1.31 bits per heavy atom. The fourth-order valence-electron chi connectivity index (χ4n) is 2.47. The molecular weight excluding hydrogens is 196 g/mol. The quantitative estimate of drug-likeness (QED) is 0.826. The molecule has 3 rings (SSSR count). The second-order valence-electron chi connectivity index (χ2n) is 4.59. The Kier molecular flexibility index (Phi) is 2.58. The molecule has 1 aliphatic rings. The van der Waals surface area contributed by atoms with Gasteiger partial charge in [-0.1, -0.05) is 12.1 Å². The van der Waals surface area contributed by atoms with Gasteiger partial charge in [0.05, 0.1) is 5.52 Å². The molecule has 1 aromatic carbocycles. The van der Waals surface area contributed by atoms with Crippen LogP contribution in [0.5, 0.6) is 0 Å². The normalized spacial score (nSPS) is 20.4. The van der Waals surface area contributed by atoms with Gasteiger partial charge in [-0.2, -0.15) is 0 Å². The second kappa shape index (κ2) is 4.22. The average molecular weight is 212 g/mol. The molecule has 2 heteroatoms. The summed E-state index contributed by atoms with van der Waals surface area (Å²) in [5.41, 5.74) is 2.53. The second-order valence-corrected chi connectivity index (χ2v) is 4.59. The van der Waals surface area contributed by atoms with Crippen LogP contribution >= 0.6 is 0 Å². The van der Waals surface area contributed by atoms with E-state index in [0.717, 1.165) is 11.4 Å². The molecule has 0 amide bonds. The number of nitrogens with zero attached hydrogens (tertiary/aromatic N) is 1. The smallest absolute Gasteiger partial charge is 0.0702 e. The highest BCUT2D eigenvalue weighted by molar-refractivity contribution is 5.78. The van der Waals surface area contributed by atoms with Crippen LogP contribution in [0.25, 0.3) is 10.9 Å². The van der Waals surface area contributed by atoms with E-state index in [0.29, 0.717) is 0 Å². The highest BCUT2D eigenvalue weighted by Crippen LogP contribution is 2.19. The van der Waals surface area contributed by atoms with Crippen LogP contribution in [-0.4, -0.2) is 18.1 Å². The first kappa shape index (κ1) is 9.79. The van der Waals surface area contributed by atoms with Crippen LogP contribution in [0.15, 0.2) is 36.5 Å². The summed E-state index contributed by atoms with van der Waals surface area (Å²) in [6, 6.07) is 10.8. The molecule has 1 saturated heterocycles. The first-order valence-electron chi connectivity index (χ1n) is 5.96. The van der Waals surface area contributed by atoms with Crippen molar-refractivity contribution < 1.29 is 0 Å². The highest BCUT2D eigenvalue weighted by atomic mass is 14.9. The molecule has 1 aromatic heterocycles. The van der Waals surface area contributed by atoms with E-state index in [4.69, 9.17) is 0 Å². The van der Waals surface area contributed by atoms with E-state index in [1.807, 2.05) is 12.3 Å². The Morgan fingerprint density at radius 2 is 2.31 bits per heavy atom. The summed E-state index contributed by atoms with van der Waals surface area (Å²) in [4.78, 5) is 4.34. The number of rotatable bonds is 2. The lowest BCUT2D eigenvalue weighted by atomic mass is 9.97. The number of nitrogens with one attached hydrogen (secondary N) is 1. The van der Waals surface area contributed by atoms with Crippen LogP contribution in [0.4, 0.5) is 0 Å². The fraction of sp³-hybridized carbons (Fsp3) is 0.357. The van der Waals surface area contributed by atoms with Crippen molar-refractivity contribution in [2.75, 3.05) is 13.1 Å². The minimum Gasteiger partial charge on any atom is -0.316 e. The van der Waals surface area contributed by atoms with Crippen molar-refractivity contribution in [1.82, 2.24) is 10.3 Å². The third kappa shape index (κ3) is 1.93. The summed E-state index contributed by atoms with van der Waals surface area (Å²) in [6.45, 7) is 2.35. The van der Waals surface area contributed by atoms with Crippen molar-refractivity contribution in [3.8, 4) is 0 Å². The summed E-state index contributed by atoms with van der Waals surface area (Å²) in [5, 5.41) is 4.67. The molecule has 82 valence electrons. The maximum absolute atomic E-state index is 4.34. The SMILES string of the molecule is c1cnc2ccc(C[C@H]3CCNC3)cc2c1. The van der Waals surface area contributed by atoms with Gasteiger partial charge in [-0.3, -0.25) is 4.98 Å². The fourth-order valence-corrected chi connectivity index (χ4v) is 2.47. The summed E-state index contributed by atoms with van der Waals surface area (Å²) >= 11 is 0. The summed E-state index contributed by atoms with van der Waals surface area (Å²) in [7, 11) is 0. The first-order valence-corrected chi connectivity index (χ1v) is 5.96. The molecule has 0 saturated carbocycles. The molecule has 2 aromatic rings. The zero-order valence-electron chi connectivity index (χ0n) is 9.32. The largest absolute Gasteiger partial charge is 0.316 e. The molecule has 0 aliphatic carbocycles. The van der Waals surface area contributed by atoms with Gasteiger partial charge in [-0.25, -0.2) is 0 Å². The predicted molar refractivity (Wildman–Crippen MR) is 66.4 cm³/mol. The average Bonchev–Trinajstić information content (AvgIpc) is 2.82. The molecule has 1 aliphatic heterocycles. The van der Waals surface area contributed by atoms with E-state index < -0.39 is 0 Å². The number of hydrogen-bond donors (Lipinski definition) is 1. The number of aromatic nitrogens is 1.